The highest BCUT2D eigenvalue weighted by Gasteiger charge is 2.29. The van der Waals surface area contributed by atoms with Gasteiger partial charge in [0.25, 0.3) is 0 Å². The molecule has 1 fully saturated rings. The Kier molecular flexibility index (Phi) is 4.92. The van der Waals surface area contributed by atoms with Crippen molar-refractivity contribution in [3.63, 3.8) is 0 Å². The van der Waals surface area contributed by atoms with E-state index >= 15 is 0 Å². The maximum absolute atomic E-state index is 13.9. The molecule has 0 amide bonds. The Hall–Kier alpha value is -1.09. The summed E-state index contributed by atoms with van der Waals surface area (Å²) in [4.78, 5) is 1.93. The minimum absolute atomic E-state index is 0.182. The van der Waals surface area contributed by atoms with Crippen LogP contribution in [0.2, 0.25) is 0 Å². The molecule has 1 heterocycles. The zero-order chi connectivity index (χ0) is 15.6. The van der Waals surface area contributed by atoms with Gasteiger partial charge in [-0.15, -0.1) is 0 Å². The molecule has 0 bridgehead atoms. The van der Waals surface area contributed by atoms with Crippen molar-refractivity contribution in [3.8, 4) is 0 Å². The Morgan fingerprint density at radius 1 is 1.24 bits per heavy atom. The van der Waals surface area contributed by atoms with E-state index < -0.39 is 21.7 Å². The Morgan fingerprint density at radius 3 is 2.33 bits per heavy atom. The Labute approximate surface area is 123 Å². The van der Waals surface area contributed by atoms with Crippen LogP contribution in [-0.2, 0) is 10.0 Å². The number of sulfonamides is 1. The third-order valence-corrected chi connectivity index (χ3v) is 5.03. The SMILES string of the molecule is CS(=O)(=O)N1CCN(C(CN)c2ccc(F)cc2F)CC1. The van der Waals surface area contributed by atoms with Crippen LogP contribution in [0.3, 0.4) is 0 Å². The second kappa shape index (κ2) is 6.35. The second-order valence-electron chi connectivity index (χ2n) is 5.12. The summed E-state index contributed by atoms with van der Waals surface area (Å²) in [5.74, 6) is -1.26. The van der Waals surface area contributed by atoms with Crippen molar-refractivity contribution in [2.24, 2.45) is 5.73 Å². The van der Waals surface area contributed by atoms with Crippen molar-refractivity contribution < 1.29 is 17.2 Å². The number of nitrogens with two attached hydrogens (primary N) is 1. The zero-order valence-corrected chi connectivity index (χ0v) is 12.6. The van der Waals surface area contributed by atoms with Gasteiger partial charge in [0.1, 0.15) is 11.6 Å². The lowest BCUT2D eigenvalue weighted by Gasteiger charge is -2.38. The number of halogens is 2. The molecule has 1 saturated heterocycles. The largest absolute Gasteiger partial charge is 0.329 e. The first-order valence-corrected chi connectivity index (χ1v) is 8.52. The molecule has 0 aromatic heterocycles. The normalized spacial score (nSPS) is 19.6. The molecule has 0 saturated carbocycles. The molecule has 8 heteroatoms. The van der Waals surface area contributed by atoms with Crippen LogP contribution in [0.15, 0.2) is 18.2 Å². The third kappa shape index (κ3) is 3.76. The van der Waals surface area contributed by atoms with Gasteiger partial charge in [-0.25, -0.2) is 17.2 Å². The van der Waals surface area contributed by atoms with Crippen LogP contribution in [0.1, 0.15) is 11.6 Å². The minimum atomic E-state index is -3.21. The summed E-state index contributed by atoms with van der Waals surface area (Å²) in [7, 11) is -3.21. The Bertz CT molecular complexity index is 601. The highest BCUT2D eigenvalue weighted by molar-refractivity contribution is 7.88. The van der Waals surface area contributed by atoms with Gasteiger partial charge in [0.2, 0.25) is 10.0 Å². The molecule has 0 aliphatic carbocycles. The van der Waals surface area contributed by atoms with Crippen LogP contribution in [0, 0.1) is 11.6 Å². The molecule has 1 aromatic carbocycles. The van der Waals surface area contributed by atoms with E-state index in [4.69, 9.17) is 5.73 Å². The summed E-state index contributed by atoms with van der Waals surface area (Å²) in [6, 6.07) is 3.05. The number of piperazine rings is 1. The van der Waals surface area contributed by atoms with E-state index in [0.29, 0.717) is 31.7 Å². The van der Waals surface area contributed by atoms with Crippen molar-refractivity contribution >= 4 is 10.0 Å². The molecule has 2 rings (SSSR count). The first-order valence-electron chi connectivity index (χ1n) is 6.67. The van der Waals surface area contributed by atoms with Gasteiger partial charge in [-0.3, -0.25) is 4.90 Å². The number of rotatable bonds is 4. The van der Waals surface area contributed by atoms with E-state index in [9.17, 15) is 17.2 Å². The van der Waals surface area contributed by atoms with Crippen molar-refractivity contribution in [1.29, 1.82) is 0 Å². The number of hydrogen-bond acceptors (Lipinski definition) is 4. The topological polar surface area (TPSA) is 66.6 Å². The van der Waals surface area contributed by atoms with Gasteiger partial charge in [-0.05, 0) is 6.07 Å². The average Bonchev–Trinajstić information content (AvgIpc) is 2.41. The molecule has 1 unspecified atom stereocenters. The molecule has 1 aliphatic heterocycles. The standard InChI is InChI=1S/C13H19F2N3O2S/c1-21(19,20)18-6-4-17(5-7-18)13(9-16)11-3-2-10(14)8-12(11)15/h2-3,8,13H,4-7,9,16H2,1H3. The minimum Gasteiger partial charge on any atom is -0.329 e. The van der Waals surface area contributed by atoms with Gasteiger partial charge in [0.15, 0.2) is 0 Å². The Morgan fingerprint density at radius 2 is 1.86 bits per heavy atom. The summed E-state index contributed by atoms with van der Waals surface area (Å²) in [6.07, 6.45) is 1.17. The van der Waals surface area contributed by atoms with Crippen LogP contribution < -0.4 is 5.73 Å². The van der Waals surface area contributed by atoms with Crippen LogP contribution in [0.5, 0.6) is 0 Å². The molecule has 0 radical (unpaired) electrons. The molecule has 1 atom stereocenters. The fourth-order valence-electron chi connectivity index (χ4n) is 2.59. The smallest absolute Gasteiger partial charge is 0.211 e. The maximum Gasteiger partial charge on any atom is 0.211 e. The highest BCUT2D eigenvalue weighted by Crippen LogP contribution is 2.24. The molecule has 118 valence electrons. The second-order valence-corrected chi connectivity index (χ2v) is 7.10. The molecule has 5 nitrogen and oxygen atoms in total. The predicted octanol–water partition coefficient (Wildman–Crippen LogP) is 0.542. The van der Waals surface area contributed by atoms with E-state index in [1.54, 1.807) is 0 Å². The number of hydrogen-bond donors (Lipinski definition) is 1. The van der Waals surface area contributed by atoms with Gasteiger partial charge in [0, 0.05) is 44.4 Å². The molecular weight excluding hydrogens is 300 g/mol. The summed E-state index contributed by atoms with van der Waals surface area (Å²) in [6.45, 7) is 1.80. The van der Waals surface area contributed by atoms with Gasteiger partial charge < -0.3 is 5.73 Å². The molecule has 1 aliphatic rings. The summed E-state index contributed by atoms with van der Waals surface area (Å²) >= 11 is 0. The van der Waals surface area contributed by atoms with Crippen molar-refractivity contribution in [1.82, 2.24) is 9.21 Å². The summed E-state index contributed by atoms with van der Waals surface area (Å²) < 4.78 is 51.2. The van der Waals surface area contributed by atoms with Crippen LogP contribution >= 0.6 is 0 Å². The first-order chi connectivity index (χ1) is 9.82. The lowest BCUT2D eigenvalue weighted by atomic mass is 10.0. The fourth-order valence-corrected chi connectivity index (χ4v) is 3.42. The predicted molar refractivity (Wildman–Crippen MR) is 76.1 cm³/mol. The molecule has 0 spiro atoms. The first kappa shape index (κ1) is 16.3. The fraction of sp³-hybridized carbons (Fsp3) is 0.538. The van der Waals surface area contributed by atoms with Crippen LogP contribution in [-0.4, -0.2) is 56.6 Å². The molecule has 2 N–H and O–H groups in total. The van der Waals surface area contributed by atoms with Crippen molar-refractivity contribution in [3.05, 3.63) is 35.4 Å². The van der Waals surface area contributed by atoms with E-state index in [-0.39, 0.29) is 12.6 Å². The third-order valence-electron chi connectivity index (χ3n) is 3.73. The van der Waals surface area contributed by atoms with Crippen LogP contribution in [0.25, 0.3) is 0 Å². The lowest BCUT2D eigenvalue weighted by Crippen LogP contribution is -2.50. The van der Waals surface area contributed by atoms with Crippen molar-refractivity contribution in [2.75, 3.05) is 39.0 Å². The van der Waals surface area contributed by atoms with E-state index in [1.807, 2.05) is 4.90 Å². The number of nitrogens with zero attached hydrogens (tertiary/aromatic N) is 2. The highest BCUT2D eigenvalue weighted by atomic mass is 32.2. The zero-order valence-electron chi connectivity index (χ0n) is 11.8. The average molecular weight is 319 g/mol. The summed E-state index contributed by atoms with van der Waals surface area (Å²) in [5.41, 5.74) is 6.07. The molecule has 21 heavy (non-hydrogen) atoms. The Balaban J connectivity index is 2.13. The van der Waals surface area contributed by atoms with Crippen LogP contribution in [0.4, 0.5) is 8.78 Å². The molecule has 1 aromatic rings. The van der Waals surface area contributed by atoms with Gasteiger partial charge in [-0.1, -0.05) is 6.07 Å². The van der Waals surface area contributed by atoms with Crippen molar-refractivity contribution in [2.45, 2.75) is 6.04 Å². The van der Waals surface area contributed by atoms with Gasteiger partial charge in [0.05, 0.1) is 12.3 Å². The van der Waals surface area contributed by atoms with Gasteiger partial charge in [-0.2, -0.15) is 4.31 Å². The number of benzene rings is 1. The monoisotopic (exact) mass is 319 g/mol. The quantitative estimate of drug-likeness (QED) is 0.880. The lowest BCUT2D eigenvalue weighted by molar-refractivity contribution is 0.138. The summed E-state index contributed by atoms with van der Waals surface area (Å²) in [5, 5.41) is 0. The van der Waals surface area contributed by atoms with E-state index in [0.717, 1.165) is 6.07 Å². The maximum atomic E-state index is 13.9. The van der Waals surface area contributed by atoms with E-state index in [1.165, 1.54) is 22.7 Å². The molecular formula is C13H19F2N3O2S. The van der Waals surface area contributed by atoms with Gasteiger partial charge >= 0.3 is 0 Å². The van der Waals surface area contributed by atoms with E-state index in [2.05, 4.69) is 0 Å².